The molecule has 0 aliphatic rings. The first-order chi connectivity index (χ1) is 9.88. The summed E-state index contributed by atoms with van der Waals surface area (Å²) in [6.07, 6.45) is 0.674. The molecule has 0 fully saturated rings. The number of carbonyl (C=O) groups is 1. The number of nitrogens with one attached hydrogen (secondary N) is 1. The highest BCUT2D eigenvalue weighted by molar-refractivity contribution is 6.34. The third kappa shape index (κ3) is 3.29. The molecule has 1 aromatic heterocycles. The van der Waals surface area contributed by atoms with Gasteiger partial charge in [0.05, 0.1) is 21.8 Å². The average Bonchev–Trinajstić information content (AvgIpc) is 2.40. The zero-order valence-corrected chi connectivity index (χ0v) is 10.9. The van der Waals surface area contributed by atoms with Crippen LogP contribution in [0.1, 0.15) is 10.5 Å². The Bertz CT molecular complexity index is 740. The van der Waals surface area contributed by atoms with Crippen LogP contribution in [0.2, 0.25) is 5.02 Å². The first-order valence-corrected chi connectivity index (χ1v) is 5.82. The van der Waals surface area contributed by atoms with Gasteiger partial charge in [0.1, 0.15) is 5.82 Å². The second-order valence-corrected chi connectivity index (χ2v) is 4.27. The fourth-order valence-corrected chi connectivity index (χ4v) is 1.65. The SMILES string of the molecule is O=C(Nc1cc([N+](=O)[O-])ccc1Cl)c1ncc(F)cc1F. The van der Waals surface area contributed by atoms with E-state index in [2.05, 4.69) is 10.3 Å². The van der Waals surface area contributed by atoms with E-state index >= 15 is 0 Å². The zero-order valence-electron chi connectivity index (χ0n) is 10.1. The highest BCUT2D eigenvalue weighted by Gasteiger charge is 2.17. The molecule has 1 N–H and O–H groups in total. The van der Waals surface area contributed by atoms with E-state index in [-0.39, 0.29) is 16.4 Å². The van der Waals surface area contributed by atoms with Crippen LogP contribution in [0, 0.1) is 21.7 Å². The van der Waals surface area contributed by atoms with Crippen LogP contribution >= 0.6 is 11.6 Å². The number of rotatable bonds is 3. The van der Waals surface area contributed by atoms with Crippen LogP contribution in [-0.2, 0) is 0 Å². The lowest BCUT2D eigenvalue weighted by atomic mass is 10.2. The normalized spacial score (nSPS) is 10.2. The Hall–Kier alpha value is -2.61. The van der Waals surface area contributed by atoms with E-state index in [4.69, 9.17) is 11.6 Å². The van der Waals surface area contributed by atoms with Gasteiger partial charge in [-0.15, -0.1) is 0 Å². The summed E-state index contributed by atoms with van der Waals surface area (Å²) >= 11 is 5.79. The number of anilines is 1. The number of nitro groups is 1. The fourth-order valence-electron chi connectivity index (χ4n) is 1.49. The summed E-state index contributed by atoms with van der Waals surface area (Å²) < 4.78 is 26.1. The van der Waals surface area contributed by atoms with Gasteiger partial charge < -0.3 is 5.32 Å². The lowest BCUT2D eigenvalue weighted by molar-refractivity contribution is -0.384. The molecule has 0 aliphatic carbocycles. The third-order valence-corrected chi connectivity index (χ3v) is 2.76. The molecular formula is C12H6ClF2N3O3. The van der Waals surface area contributed by atoms with Gasteiger partial charge in [-0.1, -0.05) is 11.6 Å². The largest absolute Gasteiger partial charge is 0.319 e. The van der Waals surface area contributed by atoms with Gasteiger partial charge in [-0.3, -0.25) is 14.9 Å². The van der Waals surface area contributed by atoms with Crippen molar-refractivity contribution in [3.8, 4) is 0 Å². The van der Waals surface area contributed by atoms with Crippen LogP contribution in [0.4, 0.5) is 20.2 Å². The number of nitrogens with zero attached hydrogens (tertiary/aromatic N) is 2. The maximum absolute atomic E-state index is 13.4. The van der Waals surface area contributed by atoms with Gasteiger partial charge in [0, 0.05) is 18.2 Å². The van der Waals surface area contributed by atoms with Crippen LogP contribution in [0.5, 0.6) is 0 Å². The standard InChI is InChI=1S/C12H6ClF2N3O3/c13-8-2-1-7(18(20)21)4-10(8)17-12(19)11-9(15)3-6(14)5-16-11/h1-5H,(H,17,19). The summed E-state index contributed by atoms with van der Waals surface area (Å²) in [5.74, 6) is -3.10. The van der Waals surface area contributed by atoms with Crippen LogP contribution in [0.25, 0.3) is 0 Å². The number of pyridine rings is 1. The highest BCUT2D eigenvalue weighted by atomic mass is 35.5. The predicted octanol–water partition coefficient (Wildman–Crippen LogP) is 3.17. The second kappa shape index (κ2) is 5.80. The molecule has 1 aromatic carbocycles. The number of nitro benzene ring substituents is 1. The lowest BCUT2D eigenvalue weighted by Crippen LogP contribution is -2.16. The van der Waals surface area contributed by atoms with Crippen molar-refractivity contribution in [1.82, 2.24) is 4.98 Å². The molecule has 0 atom stereocenters. The summed E-state index contributed by atoms with van der Waals surface area (Å²) in [6, 6.07) is 3.87. The molecule has 0 aliphatic heterocycles. The number of hydrogen-bond donors (Lipinski definition) is 1. The molecule has 2 aromatic rings. The smallest absolute Gasteiger partial charge is 0.277 e. The van der Waals surface area contributed by atoms with Crippen LogP contribution in [0.3, 0.4) is 0 Å². The van der Waals surface area contributed by atoms with E-state index in [1.54, 1.807) is 0 Å². The molecule has 0 saturated heterocycles. The first-order valence-electron chi connectivity index (χ1n) is 5.45. The molecular weight excluding hydrogens is 308 g/mol. The van der Waals surface area contributed by atoms with Crippen molar-refractivity contribution in [2.24, 2.45) is 0 Å². The molecule has 0 saturated carbocycles. The van der Waals surface area contributed by atoms with E-state index < -0.39 is 28.2 Å². The summed E-state index contributed by atoms with van der Waals surface area (Å²) in [6.45, 7) is 0. The Morgan fingerprint density at radius 2 is 2.05 bits per heavy atom. The molecule has 6 nitrogen and oxygen atoms in total. The van der Waals surface area contributed by atoms with E-state index in [9.17, 15) is 23.7 Å². The molecule has 1 amide bonds. The topological polar surface area (TPSA) is 85.1 Å². The number of carbonyl (C=O) groups excluding carboxylic acids is 1. The van der Waals surface area contributed by atoms with Crippen molar-refractivity contribution in [3.05, 3.63) is 62.9 Å². The average molecular weight is 314 g/mol. The quantitative estimate of drug-likeness (QED) is 0.696. The van der Waals surface area contributed by atoms with Crippen molar-refractivity contribution in [2.75, 3.05) is 5.32 Å². The van der Waals surface area contributed by atoms with Crippen molar-refractivity contribution < 1.29 is 18.5 Å². The van der Waals surface area contributed by atoms with E-state index in [1.165, 1.54) is 6.07 Å². The second-order valence-electron chi connectivity index (χ2n) is 3.86. The number of aromatic nitrogens is 1. The zero-order chi connectivity index (χ0) is 15.6. The Morgan fingerprint density at radius 1 is 1.33 bits per heavy atom. The van der Waals surface area contributed by atoms with E-state index in [1.807, 2.05) is 0 Å². The van der Waals surface area contributed by atoms with Crippen molar-refractivity contribution in [3.63, 3.8) is 0 Å². The van der Waals surface area contributed by atoms with Gasteiger partial charge >= 0.3 is 0 Å². The minimum atomic E-state index is -1.16. The molecule has 2 rings (SSSR count). The van der Waals surface area contributed by atoms with Crippen LogP contribution in [-0.4, -0.2) is 15.8 Å². The molecule has 0 spiro atoms. The summed E-state index contributed by atoms with van der Waals surface area (Å²) in [5.41, 5.74) is -1.04. The molecule has 0 bridgehead atoms. The van der Waals surface area contributed by atoms with Crippen molar-refractivity contribution in [1.29, 1.82) is 0 Å². The molecule has 21 heavy (non-hydrogen) atoms. The molecule has 9 heteroatoms. The maximum atomic E-state index is 13.4. The highest BCUT2D eigenvalue weighted by Crippen LogP contribution is 2.27. The molecule has 108 valence electrons. The molecule has 0 radical (unpaired) electrons. The van der Waals surface area contributed by atoms with Crippen molar-refractivity contribution in [2.45, 2.75) is 0 Å². The summed E-state index contributed by atoms with van der Waals surface area (Å²) in [7, 11) is 0. The number of benzene rings is 1. The minimum Gasteiger partial charge on any atom is -0.319 e. The maximum Gasteiger partial charge on any atom is 0.277 e. The molecule has 1 heterocycles. The Labute approximate surface area is 121 Å². The van der Waals surface area contributed by atoms with Gasteiger partial charge in [-0.2, -0.15) is 0 Å². The van der Waals surface area contributed by atoms with Gasteiger partial charge in [-0.25, -0.2) is 13.8 Å². The minimum absolute atomic E-state index is 0.0245. The Morgan fingerprint density at radius 3 is 2.67 bits per heavy atom. The van der Waals surface area contributed by atoms with Crippen LogP contribution in [0.15, 0.2) is 30.5 Å². The van der Waals surface area contributed by atoms with Crippen molar-refractivity contribution >= 4 is 28.9 Å². The van der Waals surface area contributed by atoms with Gasteiger partial charge in [0.2, 0.25) is 0 Å². The third-order valence-electron chi connectivity index (χ3n) is 2.43. The summed E-state index contributed by atoms with van der Waals surface area (Å²) in [4.78, 5) is 25.1. The van der Waals surface area contributed by atoms with E-state index in [0.29, 0.717) is 12.3 Å². The fraction of sp³-hybridized carbons (Fsp3) is 0. The first kappa shape index (κ1) is 14.8. The number of amides is 1. The predicted molar refractivity (Wildman–Crippen MR) is 70.2 cm³/mol. The number of non-ortho nitro benzene ring substituents is 1. The van der Waals surface area contributed by atoms with E-state index in [0.717, 1.165) is 12.1 Å². The summed E-state index contributed by atoms with van der Waals surface area (Å²) in [5, 5.41) is 12.9. The van der Waals surface area contributed by atoms with Gasteiger partial charge in [-0.05, 0) is 6.07 Å². The number of hydrogen-bond acceptors (Lipinski definition) is 4. The van der Waals surface area contributed by atoms with Gasteiger partial charge in [0.15, 0.2) is 11.5 Å². The molecule has 0 unspecified atom stereocenters. The Balaban J connectivity index is 2.31. The number of halogens is 3. The van der Waals surface area contributed by atoms with Gasteiger partial charge in [0.25, 0.3) is 11.6 Å². The van der Waals surface area contributed by atoms with Crippen LogP contribution < -0.4 is 5.32 Å². The lowest BCUT2D eigenvalue weighted by Gasteiger charge is -2.07. The monoisotopic (exact) mass is 313 g/mol. The Kier molecular flexibility index (Phi) is 4.08.